The lowest BCUT2D eigenvalue weighted by Gasteiger charge is -2.36. The van der Waals surface area contributed by atoms with Crippen LogP contribution in [0.2, 0.25) is 0 Å². The van der Waals surface area contributed by atoms with Gasteiger partial charge in [0, 0.05) is 38.5 Å². The predicted molar refractivity (Wildman–Crippen MR) is 86.9 cm³/mol. The van der Waals surface area contributed by atoms with E-state index < -0.39 is 0 Å². The van der Waals surface area contributed by atoms with E-state index in [0.717, 1.165) is 51.3 Å². The maximum atomic E-state index is 8.81. The maximum absolute atomic E-state index is 8.81. The highest BCUT2D eigenvalue weighted by molar-refractivity contribution is 5.79. The van der Waals surface area contributed by atoms with Gasteiger partial charge in [-0.2, -0.15) is 0 Å². The quantitative estimate of drug-likeness (QED) is 0.403. The number of aliphatic imine (C=N–C) groups is 1. The van der Waals surface area contributed by atoms with Crippen LogP contribution in [0.1, 0.15) is 12.8 Å². The van der Waals surface area contributed by atoms with Crippen LogP contribution in [-0.4, -0.2) is 55.3 Å². The van der Waals surface area contributed by atoms with E-state index in [9.17, 15) is 0 Å². The first-order valence-electron chi connectivity index (χ1n) is 7.47. The summed E-state index contributed by atoms with van der Waals surface area (Å²) in [6.45, 7) is 5.57. The van der Waals surface area contributed by atoms with E-state index in [1.807, 2.05) is 12.1 Å². The molecule has 21 heavy (non-hydrogen) atoms. The standard InChI is InChI=1S/C15H25N5O/c16-15(17)18-13-3-5-14(6-4-13)20-10-8-19(9-11-20)7-1-2-12-21/h3-6,21H,1-2,7-12H2,(H4,16,17,18). The third-order valence-electron chi connectivity index (χ3n) is 3.73. The number of aliphatic hydroxyl groups excluding tert-OH is 1. The summed E-state index contributed by atoms with van der Waals surface area (Å²) in [6.07, 6.45) is 1.97. The topological polar surface area (TPSA) is 91.1 Å². The van der Waals surface area contributed by atoms with Crippen molar-refractivity contribution in [1.29, 1.82) is 0 Å². The Morgan fingerprint density at radius 1 is 1.05 bits per heavy atom. The predicted octanol–water partition coefficient (Wildman–Crippen LogP) is 0.486. The van der Waals surface area contributed by atoms with Crippen molar-refractivity contribution >= 4 is 17.3 Å². The Morgan fingerprint density at radius 3 is 2.29 bits per heavy atom. The zero-order chi connectivity index (χ0) is 15.1. The van der Waals surface area contributed by atoms with E-state index in [-0.39, 0.29) is 5.96 Å². The lowest BCUT2D eigenvalue weighted by Crippen LogP contribution is -2.46. The van der Waals surface area contributed by atoms with Gasteiger partial charge >= 0.3 is 0 Å². The Labute approximate surface area is 126 Å². The number of unbranched alkanes of at least 4 members (excludes halogenated alkanes) is 1. The molecule has 5 N–H and O–H groups in total. The second kappa shape index (κ2) is 7.85. The number of hydrogen-bond acceptors (Lipinski definition) is 4. The minimum absolute atomic E-state index is 0.0826. The third-order valence-corrected chi connectivity index (χ3v) is 3.73. The Hall–Kier alpha value is -1.79. The van der Waals surface area contributed by atoms with E-state index in [1.165, 1.54) is 5.69 Å². The molecule has 0 spiro atoms. The van der Waals surface area contributed by atoms with Gasteiger partial charge in [-0.3, -0.25) is 4.90 Å². The molecule has 1 heterocycles. The average Bonchev–Trinajstić information content (AvgIpc) is 2.49. The van der Waals surface area contributed by atoms with Gasteiger partial charge in [0.1, 0.15) is 0 Å². The number of anilines is 1. The summed E-state index contributed by atoms with van der Waals surface area (Å²) < 4.78 is 0. The lowest BCUT2D eigenvalue weighted by molar-refractivity contribution is 0.232. The molecular formula is C15H25N5O. The van der Waals surface area contributed by atoms with Crippen LogP contribution in [0.25, 0.3) is 0 Å². The number of benzene rings is 1. The fourth-order valence-electron chi connectivity index (χ4n) is 2.56. The normalized spacial score (nSPS) is 16.0. The molecule has 0 amide bonds. The zero-order valence-corrected chi connectivity index (χ0v) is 12.4. The van der Waals surface area contributed by atoms with Crippen LogP contribution in [-0.2, 0) is 0 Å². The molecule has 6 nitrogen and oxygen atoms in total. The molecule has 1 aromatic rings. The maximum Gasteiger partial charge on any atom is 0.191 e. The van der Waals surface area contributed by atoms with Crippen molar-refractivity contribution in [3.05, 3.63) is 24.3 Å². The molecule has 6 heteroatoms. The van der Waals surface area contributed by atoms with Crippen LogP contribution >= 0.6 is 0 Å². The van der Waals surface area contributed by atoms with E-state index in [2.05, 4.69) is 26.9 Å². The molecule has 1 saturated heterocycles. The summed E-state index contributed by atoms with van der Waals surface area (Å²) in [5.74, 6) is 0.0826. The first-order chi connectivity index (χ1) is 10.2. The van der Waals surface area contributed by atoms with Gasteiger partial charge in [0.05, 0.1) is 5.69 Å². The molecule has 116 valence electrons. The first kappa shape index (κ1) is 15.6. The minimum atomic E-state index is 0.0826. The molecular weight excluding hydrogens is 266 g/mol. The van der Waals surface area contributed by atoms with E-state index in [0.29, 0.717) is 6.61 Å². The summed E-state index contributed by atoms with van der Waals surface area (Å²) in [6, 6.07) is 7.98. The van der Waals surface area contributed by atoms with E-state index >= 15 is 0 Å². The smallest absolute Gasteiger partial charge is 0.191 e. The third kappa shape index (κ3) is 4.91. The fraction of sp³-hybridized carbons (Fsp3) is 0.533. The molecule has 0 radical (unpaired) electrons. The van der Waals surface area contributed by atoms with Crippen molar-refractivity contribution in [1.82, 2.24) is 4.90 Å². The molecule has 0 atom stereocenters. The van der Waals surface area contributed by atoms with Gasteiger partial charge < -0.3 is 21.5 Å². The summed E-state index contributed by atoms with van der Waals surface area (Å²) in [5.41, 5.74) is 12.7. The molecule has 1 aromatic carbocycles. The fourth-order valence-corrected chi connectivity index (χ4v) is 2.56. The summed E-state index contributed by atoms with van der Waals surface area (Å²) in [7, 11) is 0. The second-order valence-electron chi connectivity index (χ2n) is 5.31. The van der Waals surface area contributed by atoms with Crippen LogP contribution in [0.5, 0.6) is 0 Å². The number of hydrogen-bond donors (Lipinski definition) is 3. The van der Waals surface area contributed by atoms with Crippen molar-refractivity contribution < 1.29 is 5.11 Å². The number of guanidine groups is 1. The lowest BCUT2D eigenvalue weighted by atomic mass is 10.2. The Balaban J connectivity index is 1.83. The van der Waals surface area contributed by atoms with Crippen molar-refractivity contribution in [2.45, 2.75) is 12.8 Å². The largest absolute Gasteiger partial charge is 0.396 e. The van der Waals surface area contributed by atoms with Gasteiger partial charge in [0.2, 0.25) is 0 Å². The number of nitrogens with two attached hydrogens (primary N) is 2. The van der Waals surface area contributed by atoms with Crippen LogP contribution in [0.3, 0.4) is 0 Å². The molecule has 1 fully saturated rings. The number of aliphatic hydroxyl groups is 1. The van der Waals surface area contributed by atoms with Gasteiger partial charge in [0.15, 0.2) is 5.96 Å². The highest BCUT2D eigenvalue weighted by Crippen LogP contribution is 2.21. The molecule has 0 aliphatic carbocycles. The number of piperazine rings is 1. The Morgan fingerprint density at radius 2 is 1.71 bits per heavy atom. The summed E-state index contributed by atoms with van der Waals surface area (Å²) in [4.78, 5) is 8.86. The van der Waals surface area contributed by atoms with Crippen LogP contribution < -0.4 is 16.4 Å². The van der Waals surface area contributed by atoms with E-state index in [4.69, 9.17) is 16.6 Å². The van der Waals surface area contributed by atoms with Crippen LogP contribution in [0.4, 0.5) is 11.4 Å². The summed E-state index contributed by atoms with van der Waals surface area (Å²) >= 11 is 0. The number of nitrogens with zero attached hydrogens (tertiary/aromatic N) is 3. The molecule has 1 aliphatic heterocycles. The SMILES string of the molecule is NC(N)=Nc1ccc(N2CCN(CCCCO)CC2)cc1. The Bertz CT molecular complexity index is 448. The zero-order valence-electron chi connectivity index (χ0n) is 12.4. The van der Waals surface area contributed by atoms with E-state index in [1.54, 1.807) is 0 Å². The first-order valence-corrected chi connectivity index (χ1v) is 7.47. The van der Waals surface area contributed by atoms with Crippen LogP contribution in [0, 0.1) is 0 Å². The van der Waals surface area contributed by atoms with Crippen molar-refractivity contribution in [3.8, 4) is 0 Å². The Kier molecular flexibility index (Phi) is 5.83. The van der Waals surface area contributed by atoms with Crippen molar-refractivity contribution in [3.63, 3.8) is 0 Å². The number of rotatable bonds is 6. The van der Waals surface area contributed by atoms with Gasteiger partial charge in [-0.05, 0) is 43.7 Å². The van der Waals surface area contributed by atoms with Gasteiger partial charge in [-0.15, -0.1) is 0 Å². The molecule has 0 saturated carbocycles. The second-order valence-corrected chi connectivity index (χ2v) is 5.31. The highest BCUT2D eigenvalue weighted by Gasteiger charge is 2.16. The monoisotopic (exact) mass is 291 g/mol. The summed E-state index contributed by atoms with van der Waals surface area (Å²) in [5, 5.41) is 8.81. The van der Waals surface area contributed by atoms with Gasteiger partial charge in [-0.25, -0.2) is 4.99 Å². The highest BCUT2D eigenvalue weighted by atomic mass is 16.2. The van der Waals surface area contributed by atoms with Gasteiger partial charge in [-0.1, -0.05) is 0 Å². The minimum Gasteiger partial charge on any atom is -0.396 e. The van der Waals surface area contributed by atoms with Crippen LogP contribution in [0.15, 0.2) is 29.3 Å². The van der Waals surface area contributed by atoms with Gasteiger partial charge in [0.25, 0.3) is 0 Å². The molecule has 2 rings (SSSR count). The molecule has 1 aliphatic rings. The average molecular weight is 291 g/mol. The molecule has 0 bridgehead atoms. The molecule has 0 unspecified atom stereocenters. The van der Waals surface area contributed by atoms with Crippen molar-refractivity contribution in [2.75, 3.05) is 44.2 Å². The molecule has 0 aromatic heterocycles. The van der Waals surface area contributed by atoms with Crippen molar-refractivity contribution in [2.24, 2.45) is 16.5 Å².